The second-order valence-corrected chi connectivity index (χ2v) is 8.15. The molecule has 4 rings (SSSR count). The molecule has 0 amide bonds. The summed E-state index contributed by atoms with van der Waals surface area (Å²) in [5.41, 5.74) is 0.910. The summed E-state index contributed by atoms with van der Waals surface area (Å²) in [6.07, 6.45) is 2.51. The summed E-state index contributed by atoms with van der Waals surface area (Å²) in [5, 5.41) is 7.59. The molecule has 1 aliphatic rings. The molecule has 3 aromatic rings. The van der Waals surface area contributed by atoms with Gasteiger partial charge < -0.3 is 4.57 Å². The molecule has 2 aromatic heterocycles. The van der Waals surface area contributed by atoms with Crippen molar-refractivity contribution in [2.75, 3.05) is 0 Å². The van der Waals surface area contributed by atoms with Gasteiger partial charge >= 0.3 is 0 Å². The lowest BCUT2D eigenvalue weighted by molar-refractivity contribution is 0.188. The number of nitrogens with zero attached hydrogens (tertiary/aromatic N) is 4. The molecule has 2 heterocycles. The molecule has 0 bridgehead atoms. The van der Waals surface area contributed by atoms with Gasteiger partial charge in [-0.25, -0.2) is 4.68 Å². The third-order valence-corrected chi connectivity index (χ3v) is 6.15. The van der Waals surface area contributed by atoms with E-state index in [2.05, 4.69) is 22.4 Å². The quantitative estimate of drug-likeness (QED) is 0.556. The monoisotopic (exact) mass is 390 g/mol. The van der Waals surface area contributed by atoms with Crippen LogP contribution in [0.5, 0.6) is 0 Å². The van der Waals surface area contributed by atoms with E-state index in [1.165, 1.54) is 17.7 Å². The number of aromatic nitrogens is 3. The fourth-order valence-electron chi connectivity index (χ4n) is 2.97. The van der Waals surface area contributed by atoms with Crippen LogP contribution >= 0.6 is 35.2 Å². The maximum atomic E-state index is 6.35. The molecule has 1 aromatic carbocycles. The van der Waals surface area contributed by atoms with Crippen LogP contribution in [0.1, 0.15) is 17.7 Å². The smallest absolute Gasteiger partial charge is 0.199 e. The topological polar surface area (TPSA) is 26.0 Å². The minimum Gasteiger partial charge on any atom is -0.303 e. The minimum absolute atomic E-state index is 0.634. The van der Waals surface area contributed by atoms with E-state index in [0.717, 1.165) is 17.9 Å². The van der Waals surface area contributed by atoms with Gasteiger partial charge in [-0.15, -0.1) is 11.3 Å². The van der Waals surface area contributed by atoms with Gasteiger partial charge in [0.25, 0.3) is 0 Å². The summed E-state index contributed by atoms with van der Waals surface area (Å²) in [6.45, 7) is 1.65. The van der Waals surface area contributed by atoms with Gasteiger partial charge in [0.05, 0.1) is 11.7 Å². The van der Waals surface area contributed by atoms with Gasteiger partial charge in [0.2, 0.25) is 0 Å². The number of thiophene rings is 1. The second kappa shape index (κ2) is 7.03. The molecule has 7 heteroatoms. The highest BCUT2D eigenvalue weighted by molar-refractivity contribution is 7.71. The molecule has 25 heavy (non-hydrogen) atoms. The van der Waals surface area contributed by atoms with E-state index in [1.807, 2.05) is 40.6 Å². The number of hydrogen-bond acceptors (Lipinski definition) is 4. The Balaban J connectivity index is 1.63. The number of rotatable bonds is 6. The highest BCUT2D eigenvalue weighted by atomic mass is 35.5. The molecule has 1 saturated carbocycles. The van der Waals surface area contributed by atoms with Crippen LogP contribution in [0.15, 0.2) is 41.8 Å². The molecule has 0 saturated heterocycles. The lowest BCUT2D eigenvalue weighted by atomic mass is 10.2. The first-order chi connectivity index (χ1) is 12.1. The molecule has 0 N–H and O–H groups in total. The van der Waals surface area contributed by atoms with Crippen molar-refractivity contribution in [3.8, 4) is 11.4 Å². The van der Waals surface area contributed by atoms with Crippen molar-refractivity contribution in [1.29, 1.82) is 0 Å². The fraction of sp³-hybridized carbons (Fsp3) is 0.333. The van der Waals surface area contributed by atoms with Crippen LogP contribution < -0.4 is 0 Å². The maximum Gasteiger partial charge on any atom is 0.199 e. The van der Waals surface area contributed by atoms with Crippen LogP contribution in [0.4, 0.5) is 0 Å². The van der Waals surface area contributed by atoms with E-state index in [0.29, 0.717) is 22.5 Å². The van der Waals surface area contributed by atoms with Gasteiger partial charge in [-0.05, 0) is 48.6 Å². The summed E-state index contributed by atoms with van der Waals surface area (Å²) < 4.78 is 4.57. The molecule has 4 nitrogen and oxygen atoms in total. The summed E-state index contributed by atoms with van der Waals surface area (Å²) in [4.78, 5) is 3.84. The van der Waals surface area contributed by atoms with Crippen LogP contribution in [0.25, 0.3) is 11.4 Å². The Morgan fingerprint density at radius 2 is 2.08 bits per heavy atom. The van der Waals surface area contributed by atoms with Gasteiger partial charge in [0.15, 0.2) is 10.6 Å². The van der Waals surface area contributed by atoms with E-state index in [-0.39, 0.29) is 0 Å². The van der Waals surface area contributed by atoms with E-state index >= 15 is 0 Å². The molecule has 0 atom stereocenters. The Morgan fingerprint density at radius 1 is 1.28 bits per heavy atom. The molecular weight excluding hydrogens is 372 g/mol. The number of benzene rings is 1. The first-order valence-electron chi connectivity index (χ1n) is 8.28. The zero-order valence-electron chi connectivity index (χ0n) is 13.9. The van der Waals surface area contributed by atoms with E-state index in [9.17, 15) is 0 Å². The molecule has 1 aliphatic carbocycles. The molecule has 0 radical (unpaired) electrons. The minimum atomic E-state index is 0.634. The Morgan fingerprint density at radius 3 is 2.76 bits per heavy atom. The van der Waals surface area contributed by atoms with Crippen LogP contribution in [-0.4, -0.2) is 25.3 Å². The highest BCUT2D eigenvalue weighted by Crippen LogP contribution is 2.30. The van der Waals surface area contributed by atoms with E-state index in [1.54, 1.807) is 11.3 Å². The Labute approximate surface area is 161 Å². The van der Waals surface area contributed by atoms with Crippen LogP contribution in [0.3, 0.4) is 0 Å². The SMILES string of the molecule is Cn1c(-c2ccccc2Cl)nn(CN(Cc2cccs2)C2CC2)c1=S. The first-order valence-corrected chi connectivity index (χ1v) is 9.95. The summed E-state index contributed by atoms with van der Waals surface area (Å²) in [5.74, 6) is 0.808. The highest BCUT2D eigenvalue weighted by Gasteiger charge is 2.30. The normalized spacial score (nSPS) is 14.4. The molecule has 0 unspecified atom stereocenters. The summed E-state index contributed by atoms with van der Waals surface area (Å²) in [6, 6.07) is 12.7. The van der Waals surface area contributed by atoms with Crippen molar-refractivity contribution in [1.82, 2.24) is 19.2 Å². The Hall–Kier alpha value is -1.47. The molecule has 0 spiro atoms. The average Bonchev–Trinajstić information content (AvgIpc) is 3.27. The van der Waals surface area contributed by atoms with Crippen molar-refractivity contribution in [3.05, 3.63) is 56.4 Å². The maximum absolute atomic E-state index is 6.35. The van der Waals surface area contributed by atoms with Crippen molar-refractivity contribution in [2.45, 2.75) is 32.1 Å². The molecule has 130 valence electrons. The largest absolute Gasteiger partial charge is 0.303 e. The van der Waals surface area contributed by atoms with Crippen LogP contribution in [0.2, 0.25) is 5.02 Å². The van der Waals surface area contributed by atoms with Crippen LogP contribution in [-0.2, 0) is 20.3 Å². The van der Waals surface area contributed by atoms with Gasteiger partial charge in [-0.1, -0.05) is 29.8 Å². The lowest BCUT2D eigenvalue weighted by Gasteiger charge is -2.20. The standard InChI is InChI=1S/C18H19ClN4S2/c1-21-17(15-6-2-3-7-16(15)19)20-23(18(21)24)12-22(13-8-9-13)11-14-5-4-10-25-14/h2-7,10,13H,8-9,11-12H2,1H3. The van der Waals surface area contributed by atoms with E-state index < -0.39 is 0 Å². The number of halogens is 1. The first kappa shape index (κ1) is 17.0. The fourth-order valence-corrected chi connectivity index (χ4v) is 4.10. The molecular formula is C18H19ClN4S2. The predicted octanol–water partition coefficient (Wildman–Crippen LogP) is 4.96. The zero-order chi connectivity index (χ0) is 17.4. The van der Waals surface area contributed by atoms with Crippen molar-refractivity contribution in [3.63, 3.8) is 0 Å². The predicted molar refractivity (Wildman–Crippen MR) is 105 cm³/mol. The lowest BCUT2D eigenvalue weighted by Crippen LogP contribution is -2.28. The van der Waals surface area contributed by atoms with Gasteiger partial charge in [0.1, 0.15) is 0 Å². The zero-order valence-corrected chi connectivity index (χ0v) is 16.3. The number of hydrogen-bond donors (Lipinski definition) is 0. The average molecular weight is 391 g/mol. The van der Waals surface area contributed by atoms with E-state index in [4.69, 9.17) is 28.9 Å². The second-order valence-electron chi connectivity index (χ2n) is 6.34. The van der Waals surface area contributed by atoms with Crippen molar-refractivity contribution >= 4 is 35.2 Å². The van der Waals surface area contributed by atoms with Crippen LogP contribution in [0, 0.1) is 4.77 Å². The Bertz CT molecular complexity index is 925. The third kappa shape index (κ3) is 3.58. The van der Waals surface area contributed by atoms with Gasteiger partial charge in [0, 0.05) is 30.1 Å². The van der Waals surface area contributed by atoms with Gasteiger partial charge in [-0.3, -0.25) is 4.90 Å². The van der Waals surface area contributed by atoms with Gasteiger partial charge in [-0.2, -0.15) is 5.10 Å². The van der Waals surface area contributed by atoms with Crippen molar-refractivity contribution < 1.29 is 0 Å². The van der Waals surface area contributed by atoms with Crippen molar-refractivity contribution in [2.24, 2.45) is 7.05 Å². The molecule has 1 fully saturated rings. The molecule has 0 aliphatic heterocycles. The Kier molecular flexibility index (Phi) is 4.78. The third-order valence-electron chi connectivity index (χ3n) is 4.47. The summed E-state index contributed by atoms with van der Waals surface area (Å²) in [7, 11) is 1.95. The summed E-state index contributed by atoms with van der Waals surface area (Å²) >= 11 is 13.8.